The highest BCUT2D eigenvalue weighted by atomic mass is 32.2. The number of sulfone groups is 1. The van der Waals surface area contributed by atoms with Gasteiger partial charge in [-0.2, -0.15) is 0 Å². The minimum Gasteiger partial charge on any atom is -0.478 e. The first kappa shape index (κ1) is 18.3. The number of amides is 2. The van der Waals surface area contributed by atoms with E-state index in [9.17, 15) is 18.0 Å². The molecule has 1 unspecified atom stereocenters. The number of hydrogen-bond donors (Lipinski definition) is 2. The average molecular weight is 354 g/mol. The van der Waals surface area contributed by atoms with Crippen LogP contribution in [0.3, 0.4) is 0 Å². The normalized spacial score (nSPS) is 18.2. The van der Waals surface area contributed by atoms with Crippen LogP contribution in [0.1, 0.15) is 35.2 Å². The number of aromatic carboxylic acids is 1. The van der Waals surface area contributed by atoms with E-state index in [1.807, 2.05) is 0 Å². The smallest absolute Gasteiger partial charge is 0.335 e. The molecule has 1 atom stereocenters. The zero-order chi connectivity index (χ0) is 17.7. The molecule has 1 saturated heterocycles. The highest BCUT2D eigenvalue weighted by molar-refractivity contribution is 7.90. The molecule has 1 aromatic rings. The van der Waals surface area contributed by atoms with Gasteiger partial charge in [-0.3, -0.25) is 0 Å². The van der Waals surface area contributed by atoms with Crippen molar-refractivity contribution in [3.8, 4) is 0 Å². The molecule has 1 fully saturated rings. The number of urea groups is 1. The fourth-order valence-electron chi connectivity index (χ4n) is 2.84. The third-order valence-electron chi connectivity index (χ3n) is 4.03. The molecule has 1 aliphatic rings. The van der Waals surface area contributed by atoms with Gasteiger partial charge in [-0.25, -0.2) is 18.0 Å². The van der Waals surface area contributed by atoms with E-state index in [0.717, 1.165) is 18.4 Å². The molecule has 7 nitrogen and oxygen atoms in total. The molecule has 1 heterocycles. The number of nitrogens with one attached hydrogen (secondary N) is 1. The summed E-state index contributed by atoms with van der Waals surface area (Å²) in [6.07, 6.45) is 3.65. The van der Waals surface area contributed by atoms with Crippen LogP contribution in [-0.2, 0) is 16.4 Å². The lowest BCUT2D eigenvalue weighted by atomic mass is 10.0. The lowest BCUT2D eigenvalue weighted by Gasteiger charge is -2.35. The summed E-state index contributed by atoms with van der Waals surface area (Å²) in [7, 11) is -3.15. The second-order valence-electron chi connectivity index (χ2n) is 6.10. The molecule has 8 heteroatoms. The fraction of sp³-hybridized carbons (Fsp3) is 0.500. The van der Waals surface area contributed by atoms with Crippen LogP contribution < -0.4 is 5.32 Å². The summed E-state index contributed by atoms with van der Waals surface area (Å²) in [6, 6.07) is 5.68. The van der Waals surface area contributed by atoms with Crippen LogP contribution in [0.25, 0.3) is 0 Å². The van der Waals surface area contributed by atoms with Gasteiger partial charge in [0, 0.05) is 25.4 Å². The fourth-order valence-corrected chi connectivity index (χ4v) is 3.88. The van der Waals surface area contributed by atoms with Crippen molar-refractivity contribution in [1.29, 1.82) is 0 Å². The van der Waals surface area contributed by atoms with Gasteiger partial charge >= 0.3 is 12.0 Å². The Morgan fingerprint density at radius 1 is 1.25 bits per heavy atom. The minimum absolute atomic E-state index is 0.0201. The summed E-state index contributed by atoms with van der Waals surface area (Å²) in [5.41, 5.74) is 0.972. The van der Waals surface area contributed by atoms with Gasteiger partial charge in [0.2, 0.25) is 0 Å². The number of rotatable bonds is 5. The Labute approximate surface area is 141 Å². The number of hydrogen-bond acceptors (Lipinski definition) is 4. The van der Waals surface area contributed by atoms with Gasteiger partial charge < -0.3 is 15.3 Å². The van der Waals surface area contributed by atoms with E-state index in [4.69, 9.17) is 5.11 Å². The summed E-state index contributed by atoms with van der Waals surface area (Å²) >= 11 is 0. The summed E-state index contributed by atoms with van der Waals surface area (Å²) < 4.78 is 23.1. The third kappa shape index (κ3) is 5.23. The van der Waals surface area contributed by atoms with Crippen LogP contribution >= 0.6 is 0 Å². The number of benzene rings is 1. The minimum atomic E-state index is -3.15. The monoisotopic (exact) mass is 354 g/mol. The summed E-state index contributed by atoms with van der Waals surface area (Å²) in [6.45, 7) is 0.810. The number of likely N-dealkylation sites (tertiary alicyclic amines) is 1. The topological polar surface area (TPSA) is 104 Å². The molecule has 2 amide bonds. The summed E-state index contributed by atoms with van der Waals surface area (Å²) in [5.74, 6) is -1.02. The lowest BCUT2D eigenvalue weighted by molar-refractivity contribution is 0.0696. The molecule has 0 aliphatic carbocycles. The van der Waals surface area contributed by atoms with Crippen molar-refractivity contribution in [1.82, 2.24) is 10.2 Å². The van der Waals surface area contributed by atoms with E-state index in [-0.39, 0.29) is 29.9 Å². The first-order chi connectivity index (χ1) is 11.3. The number of nitrogens with zero attached hydrogens (tertiary/aromatic N) is 1. The highest BCUT2D eigenvalue weighted by Crippen LogP contribution is 2.18. The second-order valence-corrected chi connectivity index (χ2v) is 8.28. The van der Waals surface area contributed by atoms with E-state index >= 15 is 0 Å². The maximum atomic E-state index is 12.4. The molecule has 0 spiro atoms. The molecule has 24 heavy (non-hydrogen) atoms. The Morgan fingerprint density at radius 2 is 1.92 bits per heavy atom. The number of piperidine rings is 1. The molecular formula is C16H22N2O5S. The van der Waals surface area contributed by atoms with Gasteiger partial charge in [0.25, 0.3) is 0 Å². The highest BCUT2D eigenvalue weighted by Gasteiger charge is 2.29. The van der Waals surface area contributed by atoms with Crippen LogP contribution in [0, 0.1) is 0 Å². The Hall–Kier alpha value is -2.09. The standard InChI is InChI=1S/C16H22N2O5S/c1-24(22,23)11-14-4-2-3-9-18(14)16(21)17-10-12-5-7-13(8-6-12)15(19)20/h5-8,14H,2-4,9-11H2,1H3,(H,17,21)(H,19,20). The molecule has 1 aromatic carbocycles. The summed E-state index contributed by atoms with van der Waals surface area (Å²) in [4.78, 5) is 24.8. The average Bonchev–Trinajstić information content (AvgIpc) is 2.52. The lowest BCUT2D eigenvalue weighted by Crippen LogP contribution is -2.50. The predicted molar refractivity (Wildman–Crippen MR) is 89.7 cm³/mol. The number of carbonyl (C=O) groups excluding carboxylic acids is 1. The van der Waals surface area contributed by atoms with Crippen molar-refractivity contribution in [3.63, 3.8) is 0 Å². The van der Waals surface area contributed by atoms with E-state index in [0.29, 0.717) is 13.0 Å². The van der Waals surface area contributed by atoms with E-state index in [1.54, 1.807) is 17.0 Å². The van der Waals surface area contributed by atoms with Gasteiger partial charge in [-0.05, 0) is 37.0 Å². The van der Waals surface area contributed by atoms with Crippen LogP contribution in [0.4, 0.5) is 4.79 Å². The maximum absolute atomic E-state index is 12.4. The molecule has 0 saturated carbocycles. The zero-order valence-electron chi connectivity index (χ0n) is 13.6. The van der Waals surface area contributed by atoms with Crippen LogP contribution in [0.2, 0.25) is 0 Å². The van der Waals surface area contributed by atoms with Crippen LogP contribution in [0.15, 0.2) is 24.3 Å². The van der Waals surface area contributed by atoms with Crippen molar-refractivity contribution in [2.45, 2.75) is 31.8 Å². The van der Waals surface area contributed by atoms with Gasteiger partial charge in [0.15, 0.2) is 0 Å². The predicted octanol–water partition coefficient (Wildman–Crippen LogP) is 1.49. The van der Waals surface area contributed by atoms with Crippen molar-refractivity contribution in [3.05, 3.63) is 35.4 Å². The zero-order valence-corrected chi connectivity index (χ0v) is 14.4. The molecule has 132 valence electrons. The molecule has 2 N–H and O–H groups in total. The molecule has 0 aromatic heterocycles. The Morgan fingerprint density at radius 3 is 2.50 bits per heavy atom. The van der Waals surface area contributed by atoms with Gasteiger partial charge in [0.05, 0.1) is 11.3 Å². The number of carboxylic acids is 1. The molecule has 1 aliphatic heterocycles. The molecular weight excluding hydrogens is 332 g/mol. The van der Waals surface area contributed by atoms with Crippen molar-refractivity contribution in [2.24, 2.45) is 0 Å². The molecule has 0 bridgehead atoms. The number of carbonyl (C=O) groups is 2. The quantitative estimate of drug-likeness (QED) is 0.834. The van der Waals surface area contributed by atoms with E-state index < -0.39 is 15.8 Å². The van der Waals surface area contributed by atoms with Gasteiger partial charge in [-0.1, -0.05) is 12.1 Å². The third-order valence-corrected chi connectivity index (χ3v) is 5.02. The Kier molecular flexibility index (Phi) is 5.82. The Bertz CT molecular complexity index is 700. The first-order valence-electron chi connectivity index (χ1n) is 7.81. The molecule has 0 radical (unpaired) electrons. The summed E-state index contributed by atoms with van der Waals surface area (Å²) in [5, 5.41) is 11.6. The molecule has 2 rings (SSSR count). The van der Waals surface area contributed by atoms with Gasteiger partial charge in [0.1, 0.15) is 9.84 Å². The maximum Gasteiger partial charge on any atom is 0.335 e. The first-order valence-corrected chi connectivity index (χ1v) is 9.87. The number of carboxylic acid groups (broad SMARTS) is 1. The van der Waals surface area contributed by atoms with Crippen molar-refractivity contribution >= 4 is 21.8 Å². The largest absolute Gasteiger partial charge is 0.478 e. The van der Waals surface area contributed by atoms with E-state index in [2.05, 4.69) is 5.32 Å². The Balaban J connectivity index is 1.95. The van der Waals surface area contributed by atoms with E-state index in [1.165, 1.54) is 18.4 Å². The van der Waals surface area contributed by atoms with Gasteiger partial charge in [-0.15, -0.1) is 0 Å². The van der Waals surface area contributed by atoms with Crippen molar-refractivity contribution in [2.75, 3.05) is 18.6 Å². The van der Waals surface area contributed by atoms with Crippen molar-refractivity contribution < 1.29 is 23.1 Å². The van der Waals surface area contributed by atoms with Crippen LogP contribution in [-0.4, -0.2) is 55.0 Å². The second kappa shape index (κ2) is 7.65. The SMILES string of the molecule is CS(=O)(=O)CC1CCCCN1C(=O)NCc1ccc(C(=O)O)cc1. The van der Waals surface area contributed by atoms with Crippen LogP contribution in [0.5, 0.6) is 0 Å².